The Balaban J connectivity index is 1.54. The van der Waals surface area contributed by atoms with Crippen LogP contribution < -0.4 is 0 Å². The van der Waals surface area contributed by atoms with Crippen molar-refractivity contribution in [3.05, 3.63) is 0 Å². The first-order valence-corrected chi connectivity index (χ1v) is 8.98. The minimum atomic E-state index is 0.509. The molecule has 1 nitrogen and oxygen atoms in total. The summed E-state index contributed by atoms with van der Waals surface area (Å²) in [5.74, 6) is 0.877. The normalized spacial score (nSPS) is 36.5. The second kappa shape index (κ2) is 5.83. The van der Waals surface area contributed by atoms with Crippen molar-refractivity contribution in [2.75, 3.05) is 6.61 Å². The molecule has 0 aromatic heterocycles. The number of halogens is 1. The van der Waals surface area contributed by atoms with Crippen molar-refractivity contribution < 1.29 is 4.74 Å². The molecule has 2 heteroatoms. The monoisotopic (exact) mass is 314 g/mol. The van der Waals surface area contributed by atoms with Gasteiger partial charge >= 0.3 is 0 Å². The van der Waals surface area contributed by atoms with E-state index in [1.54, 1.807) is 0 Å². The number of hydrogen-bond acceptors (Lipinski definition) is 1. The number of hydrogen-bond donors (Lipinski definition) is 0. The fraction of sp³-hybridized carbons (Fsp3) is 1.00. The zero-order valence-corrected chi connectivity index (χ0v) is 13.1. The van der Waals surface area contributed by atoms with Gasteiger partial charge in [0.2, 0.25) is 0 Å². The molecule has 0 aromatic carbocycles. The number of rotatable bonds is 3. The van der Waals surface area contributed by atoms with Crippen molar-refractivity contribution in [3.63, 3.8) is 0 Å². The smallest absolute Gasteiger partial charge is 0.0653 e. The molecule has 3 fully saturated rings. The summed E-state index contributed by atoms with van der Waals surface area (Å²) in [6.07, 6.45) is 16.1. The fourth-order valence-corrected chi connectivity index (χ4v) is 5.48. The Morgan fingerprint density at radius 2 is 1.61 bits per heavy atom. The predicted molar refractivity (Wildman–Crippen MR) is 79.2 cm³/mol. The molecule has 0 aliphatic heterocycles. The molecular formula is C16H27BrO. The van der Waals surface area contributed by atoms with Crippen LogP contribution in [0.4, 0.5) is 0 Å². The molecule has 104 valence electrons. The van der Waals surface area contributed by atoms with Crippen LogP contribution >= 0.6 is 15.9 Å². The third-order valence-electron chi connectivity index (χ3n) is 5.73. The van der Waals surface area contributed by atoms with Crippen molar-refractivity contribution in [2.45, 2.75) is 81.6 Å². The number of alkyl halides is 1. The van der Waals surface area contributed by atoms with E-state index in [2.05, 4.69) is 15.9 Å². The van der Waals surface area contributed by atoms with Crippen molar-refractivity contribution in [3.8, 4) is 0 Å². The van der Waals surface area contributed by atoms with E-state index in [-0.39, 0.29) is 0 Å². The van der Waals surface area contributed by atoms with Gasteiger partial charge in [0, 0.05) is 16.8 Å². The maximum atomic E-state index is 6.35. The molecule has 3 rings (SSSR count). The van der Waals surface area contributed by atoms with E-state index in [1.807, 2.05) is 0 Å². The molecule has 18 heavy (non-hydrogen) atoms. The molecule has 3 saturated carbocycles. The van der Waals surface area contributed by atoms with Crippen LogP contribution in [-0.2, 0) is 4.74 Å². The molecule has 0 amide bonds. The molecule has 0 radical (unpaired) electrons. The van der Waals surface area contributed by atoms with Crippen LogP contribution in [0.2, 0.25) is 0 Å². The topological polar surface area (TPSA) is 9.23 Å². The van der Waals surface area contributed by atoms with E-state index >= 15 is 0 Å². The summed E-state index contributed by atoms with van der Waals surface area (Å²) in [6, 6.07) is 0. The summed E-state index contributed by atoms with van der Waals surface area (Å²) < 4.78 is 6.35. The lowest BCUT2D eigenvalue weighted by Crippen LogP contribution is -2.55. The quantitative estimate of drug-likeness (QED) is 0.661. The van der Waals surface area contributed by atoms with Crippen LogP contribution in [0.1, 0.15) is 70.6 Å². The Morgan fingerprint density at radius 1 is 0.944 bits per heavy atom. The molecule has 2 unspecified atom stereocenters. The summed E-state index contributed by atoms with van der Waals surface area (Å²) in [6.45, 7) is 1.05. The van der Waals surface area contributed by atoms with Crippen molar-refractivity contribution in [2.24, 2.45) is 11.3 Å². The average molecular weight is 315 g/mol. The van der Waals surface area contributed by atoms with Gasteiger partial charge in [-0.15, -0.1) is 0 Å². The van der Waals surface area contributed by atoms with Gasteiger partial charge in [0.05, 0.1) is 6.10 Å². The Bertz CT molecular complexity index is 264. The predicted octanol–water partition coefficient (Wildman–Crippen LogP) is 5.07. The van der Waals surface area contributed by atoms with Crippen molar-refractivity contribution in [1.29, 1.82) is 0 Å². The summed E-state index contributed by atoms with van der Waals surface area (Å²) in [7, 11) is 0. The Kier molecular flexibility index (Phi) is 4.35. The highest BCUT2D eigenvalue weighted by atomic mass is 79.9. The van der Waals surface area contributed by atoms with E-state index in [0.717, 1.165) is 17.4 Å². The average Bonchev–Trinajstić information content (AvgIpc) is 2.75. The first-order valence-electron chi connectivity index (χ1n) is 8.07. The molecule has 2 atom stereocenters. The minimum absolute atomic E-state index is 0.509. The lowest BCUT2D eigenvalue weighted by atomic mass is 9.61. The summed E-state index contributed by atoms with van der Waals surface area (Å²) in [5.41, 5.74) is 0.509. The summed E-state index contributed by atoms with van der Waals surface area (Å²) >= 11 is 3.93. The third kappa shape index (κ3) is 2.52. The van der Waals surface area contributed by atoms with Crippen LogP contribution in [-0.4, -0.2) is 17.5 Å². The van der Waals surface area contributed by atoms with E-state index in [0.29, 0.717) is 11.5 Å². The lowest BCUT2D eigenvalue weighted by molar-refractivity contribution is -0.119. The highest BCUT2D eigenvalue weighted by molar-refractivity contribution is 9.09. The van der Waals surface area contributed by atoms with Gasteiger partial charge in [0.1, 0.15) is 0 Å². The van der Waals surface area contributed by atoms with Gasteiger partial charge < -0.3 is 4.74 Å². The van der Waals surface area contributed by atoms with Crippen LogP contribution in [0.25, 0.3) is 0 Å². The van der Waals surface area contributed by atoms with Gasteiger partial charge in [-0.1, -0.05) is 54.5 Å². The van der Waals surface area contributed by atoms with Gasteiger partial charge in [-0.2, -0.15) is 0 Å². The van der Waals surface area contributed by atoms with Crippen molar-refractivity contribution in [1.82, 2.24) is 0 Å². The molecule has 0 N–H and O–H groups in total. The van der Waals surface area contributed by atoms with Crippen LogP contribution in [0, 0.1) is 11.3 Å². The zero-order valence-electron chi connectivity index (χ0n) is 11.5. The Labute approximate surface area is 120 Å². The molecule has 1 spiro atoms. The lowest BCUT2D eigenvalue weighted by Gasteiger charge is -2.53. The standard InChI is InChI=1S/C16H27BrO/c17-14-11-15(18-12-13-7-3-4-8-13)16(14)9-5-1-2-6-10-16/h13-15H,1-12H2. The molecule has 0 heterocycles. The van der Waals surface area contributed by atoms with E-state index in [9.17, 15) is 0 Å². The highest BCUT2D eigenvalue weighted by Gasteiger charge is 2.54. The zero-order chi connectivity index (χ0) is 12.4. The maximum Gasteiger partial charge on any atom is 0.0653 e. The van der Waals surface area contributed by atoms with E-state index in [4.69, 9.17) is 4.74 Å². The van der Waals surface area contributed by atoms with Gasteiger partial charge in [0.15, 0.2) is 0 Å². The molecule has 3 aliphatic carbocycles. The van der Waals surface area contributed by atoms with Crippen LogP contribution in [0.5, 0.6) is 0 Å². The maximum absolute atomic E-state index is 6.35. The third-order valence-corrected chi connectivity index (χ3v) is 7.01. The minimum Gasteiger partial charge on any atom is -0.377 e. The number of ether oxygens (including phenoxy) is 1. The Morgan fingerprint density at radius 3 is 2.22 bits per heavy atom. The van der Waals surface area contributed by atoms with Crippen LogP contribution in [0.3, 0.4) is 0 Å². The molecule has 0 saturated heterocycles. The largest absolute Gasteiger partial charge is 0.377 e. The first-order chi connectivity index (χ1) is 8.81. The van der Waals surface area contributed by atoms with E-state index < -0.39 is 0 Å². The van der Waals surface area contributed by atoms with E-state index in [1.165, 1.54) is 70.6 Å². The summed E-state index contributed by atoms with van der Waals surface area (Å²) in [4.78, 5) is 0.733. The fourth-order valence-electron chi connectivity index (χ4n) is 4.38. The van der Waals surface area contributed by atoms with Crippen molar-refractivity contribution >= 4 is 15.9 Å². The highest BCUT2D eigenvalue weighted by Crippen LogP contribution is 2.55. The molecule has 0 aromatic rings. The second-order valence-electron chi connectivity index (χ2n) is 6.82. The summed E-state index contributed by atoms with van der Waals surface area (Å²) in [5, 5.41) is 0. The second-order valence-corrected chi connectivity index (χ2v) is 7.93. The molecular weight excluding hydrogens is 288 g/mol. The first kappa shape index (κ1) is 13.4. The van der Waals surface area contributed by atoms with Crippen LogP contribution in [0.15, 0.2) is 0 Å². The van der Waals surface area contributed by atoms with Gasteiger partial charge in [0.25, 0.3) is 0 Å². The van der Waals surface area contributed by atoms with Gasteiger partial charge in [-0.3, -0.25) is 0 Å². The molecule has 3 aliphatic rings. The van der Waals surface area contributed by atoms with Gasteiger partial charge in [-0.25, -0.2) is 0 Å². The Hall–Kier alpha value is 0.440. The van der Waals surface area contributed by atoms with Gasteiger partial charge in [-0.05, 0) is 38.0 Å². The molecule has 0 bridgehead atoms. The SMILES string of the molecule is BrC1CC(OCC2CCCC2)C12CCCCCC2.